The summed E-state index contributed by atoms with van der Waals surface area (Å²) in [5.74, 6) is -0.175. The molecule has 5 nitrogen and oxygen atoms in total. The van der Waals surface area contributed by atoms with E-state index in [1.807, 2.05) is 13.8 Å². The Morgan fingerprint density at radius 3 is 2.82 bits per heavy atom. The molecule has 2 rings (SSSR count). The van der Waals surface area contributed by atoms with Gasteiger partial charge < -0.3 is 5.32 Å². The van der Waals surface area contributed by atoms with E-state index in [0.29, 0.717) is 12.2 Å². The normalized spacial score (nSPS) is 10.2. The number of pyridine rings is 1. The summed E-state index contributed by atoms with van der Waals surface area (Å²) in [4.78, 5) is 15.7. The lowest BCUT2D eigenvalue weighted by atomic mass is 10.2. The van der Waals surface area contributed by atoms with Crippen LogP contribution in [0.4, 0.5) is 0 Å². The average molecular weight is 230 g/mol. The number of H-pyrrole nitrogens is 1. The predicted octanol–water partition coefficient (Wildman–Crippen LogP) is 1.35. The van der Waals surface area contributed by atoms with Crippen molar-refractivity contribution >= 4 is 5.91 Å². The molecule has 2 aromatic rings. The minimum Gasteiger partial charge on any atom is -0.346 e. The molecule has 17 heavy (non-hydrogen) atoms. The van der Waals surface area contributed by atoms with E-state index in [1.54, 1.807) is 24.4 Å². The number of rotatable bonds is 3. The van der Waals surface area contributed by atoms with E-state index in [1.165, 1.54) is 0 Å². The molecule has 5 heteroatoms. The quantitative estimate of drug-likeness (QED) is 0.836. The van der Waals surface area contributed by atoms with E-state index in [9.17, 15) is 4.79 Å². The van der Waals surface area contributed by atoms with Gasteiger partial charge in [0.25, 0.3) is 5.91 Å². The van der Waals surface area contributed by atoms with Crippen LogP contribution in [0.5, 0.6) is 0 Å². The second-order valence-corrected chi connectivity index (χ2v) is 3.81. The number of hydrogen-bond acceptors (Lipinski definition) is 3. The van der Waals surface area contributed by atoms with Crippen molar-refractivity contribution in [3.8, 4) is 0 Å². The molecule has 2 N–H and O–H groups in total. The molecule has 0 bridgehead atoms. The van der Waals surface area contributed by atoms with E-state index in [2.05, 4.69) is 20.5 Å². The Kier molecular flexibility index (Phi) is 3.18. The Morgan fingerprint density at radius 2 is 2.24 bits per heavy atom. The van der Waals surface area contributed by atoms with Crippen LogP contribution in [0.15, 0.2) is 24.4 Å². The van der Waals surface area contributed by atoms with Gasteiger partial charge in [-0.05, 0) is 26.0 Å². The molecule has 0 atom stereocenters. The van der Waals surface area contributed by atoms with Gasteiger partial charge in [-0.1, -0.05) is 6.07 Å². The van der Waals surface area contributed by atoms with Crippen LogP contribution in [-0.2, 0) is 6.54 Å². The van der Waals surface area contributed by atoms with Crippen molar-refractivity contribution in [2.24, 2.45) is 0 Å². The predicted molar refractivity (Wildman–Crippen MR) is 63.5 cm³/mol. The zero-order valence-corrected chi connectivity index (χ0v) is 9.82. The van der Waals surface area contributed by atoms with Crippen LogP contribution < -0.4 is 5.32 Å². The van der Waals surface area contributed by atoms with Gasteiger partial charge >= 0.3 is 0 Å². The van der Waals surface area contributed by atoms with Crippen molar-refractivity contribution in [2.75, 3.05) is 0 Å². The van der Waals surface area contributed by atoms with Gasteiger partial charge in [-0.25, -0.2) is 0 Å². The van der Waals surface area contributed by atoms with Gasteiger partial charge in [-0.2, -0.15) is 5.10 Å². The van der Waals surface area contributed by atoms with Crippen molar-refractivity contribution in [1.29, 1.82) is 0 Å². The van der Waals surface area contributed by atoms with Crippen LogP contribution in [-0.4, -0.2) is 21.1 Å². The summed E-state index contributed by atoms with van der Waals surface area (Å²) in [6.07, 6.45) is 1.60. The van der Waals surface area contributed by atoms with Crippen molar-refractivity contribution in [1.82, 2.24) is 20.5 Å². The highest BCUT2D eigenvalue weighted by Crippen LogP contribution is 2.08. The third-order valence-electron chi connectivity index (χ3n) is 2.60. The Balaban J connectivity index is 2.02. The standard InChI is InChI=1S/C12H14N4O/c1-8-10(9(2)16-15-8)7-14-12(17)11-5-3-4-6-13-11/h3-6H,7H2,1-2H3,(H,14,17)(H,15,16). The third-order valence-corrected chi connectivity index (χ3v) is 2.60. The topological polar surface area (TPSA) is 70.7 Å². The van der Waals surface area contributed by atoms with E-state index in [4.69, 9.17) is 0 Å². The zero-order chi connectivity index (χ0) is 12.3. The Hall–Kier alpha value is -2.17. The van der Waals surface area contributed by atoms with Gasteiger partial charge in [0.1, 0.15) is 5.69 Å². The summed E-state index contributed by atoms with van der Waals surface area (Å²) in [7, 11) is 0. The van der Waals surface area contributed by atoms with Crippen LogP contribution in [0.3, 0.4) is 0 Å². The molecule has 0 aliphatic rings. The van der Waals surface area contributed by atoms with Gasteiger partial charge in [0.2, 0.25) is 0 Å². The molecule has 0 fully saturated rings. The maximum atomic E-state index is 11.8. The minimum atomic E-state index is -0.175. The van der Waals surface area contributed by atoms with Gasteiger partial charge in [0.15, 0.2) is 0 Å². The summed E-state index contributed by atoms with van der Waals surface area (Å²) < 4.78 is 0. The van der Waals surface area contributed by atoms with Crippen LogP contribution in [0.25, 0.3) is 0 Å². The van der Waals surface area contributed by atoms with Crippen LogP contribution >= 0.6 is 0 Å². The lowest BCUT2D eigenvalue weighted by Crippen LogP contribution is -2.24. The molecule has 0 spiro atoms. The second-order valence-electron chi connectivity index (χ2n) is 3.81. The number of carbonyl (C=O) groups excluding carboxylic acids is 1. The van der Waals surface area contributed by atoms with Gasteiger partial charge in [0, 0.05) is 24.0 Å². The molecule has 0 aromatic carbocycles. The lowest BCUT2D eigenvalue weighted by molar-refractivity contribution is 0.0946. The monoisotopic (exact) mass is 230 g/mol. The van der Waals surface area contributed by atoms with Crippen LogP contribution in [0.2, 0.25) is 0 Å². The Morgan fingerprint density at radius 1 is 1.41 bits per heavy atom. The maximum Gasteiger partial charge on any atom is 0.270 e. The smallest absolute Gasteiger partial charge is 0.270 e. The fraction of sp³-hybridized carbons (Fsp3) is 0.250. The SMILES string of the molecule is Cc1n[nH]c(C)c1CNC(=O)c1ccccn1. The summed E-state index contributed by atoms with van der Waals surface area (Å²) in [6.45, 7) is 4.30. The van der Waals surface area contributed by atoms with Gasteiger partial charge in [-0.3, -0.25) is 14.9 Å². The largest absolute Gasteiger partial charge is 0.346 e. The van der Waals surface area contributed by atoms with Gasteiger partial charge in [0.05, 0.1) is 5.69 Å². The molecule has 0 unspecified atom stereocenters. The molecule has 88 valence electrons. The zero-order valence-electron chi connectivity index (χ0n) is 9.82. The summed E-state index contributed by atoms with van der Waals surface area (Å²) in [6, 6.07) is 5.25. The summed E-state index contributed by atoms with van der Waals surface area (Å²) >= 11 is 0. The molecule has 0 aliphatic heterocycles. The Bertz CT molecular complexity index is 499. The van der Waals surface area contributed by atoms with Crippen molar-refractivity contribution in [2.45, 2.75) is 20.4 Å². The van der Waals surface area contributed by atoms with E-state index in [0.717, 1.165) is 17.0 Å². The molecule has 0 aliphatic carbocycles. The van der Waals surface area contributed by atoms with Crippen LogP contribution in [0, 0.1) is 13.8 Å². The molecular formula is C12H14N4O. The number of nitrogens with one attached hydrogen (secondary N) is 2. The Labute approximate surface area is 99.3 Å². The summed E-state index contributed by atoms with van der Waals surface area (Å²) in [5, 5.41) is 9.78. The van der Waals surface area contributed by atoms with Crippen LogP contribution in [0.1, 0.15) is 27.4 Å². The fourth-order valence-electron chi connectivity index (χ4n) is 1.59. The summed E-state index contributed by atoms with van der Waals surface area (Å²) in [5.41, 5.74) is 3.33. The highest BCUT2D eigenvalue weighted by molar-refractivity contribution is 5.92. The number of aromatic amines is 1. The average Bonchev–Trinajstić information content (AvgIpc) is 2.67. The third kappa shape index (κ3) is 2.50. The minimum absolute atomic E-state index is 0.175. The van der Waals surface area contributed by atoms with Crippen molar-refractivity contribution < 1.29 is 4.79 Å². The first kappa shape index (κ1) is 11.3. The van der Waals surface area contributed by atoms with E-state index >= 15 is 0 Å². The molecule has 0 radical (unpaired) electrons. The first-order valence-corrected chi connectivity index (χ1v) is 5.38. The van der Waals surface area contributed by atoms with E-state index in [-0.39, 0.29) is 5.91 Å². The lowest BCUT2D eigenvalue weighted by Gasteiger charge is -2.04. The highest BCUT2D eigenvalue weighted by Gasteiger charge is 2.09. The molecule has 2 aromatic heterocycles. The number of nitrogens with zero attached hydrogens (tertiary/aromatic N) is 2. The molecule has 0 saturated heterocycles. The number of carbonyl (C=O) groups is 1. The molecular weight excluding hydrogens is 216 g/mol. The molecule has 1 amide bonds. The highest BCUT2D eigenvalue weighted by atomic mass is 16.1. The number of aryl methyl sites for hydroxylation is 2. The number of aromatic nitrogens is 3. The van der Waals surface area contributed by atoms with Gasteiger partial charge in [-0.15, -0.1) is 0 Å². The molecule has 2 heterocycles. The van der Waals surface area contributed by atoms with Crippen molar-refractivity contribution in [3.05, 3.63) is 47.0 Å². The van der Waals surface area contributed by atoms with E-state index < -0.39 is 0 Å². The number of hydrogen-bond donors (Lipinski definition) is 2. The first-order chi connectivity index (χ1) is 8.18. The van der Waals surface area contributed by atoms with Crippen molar-refractivity contribution in [3.63, 3.8) is 0 Å². The maximum absolute atomic E-state index is 11.8. The molecule has 0 saturated carbocycles. The number of amides is 1. The first-order valence-electron chi connectivity index (χ1n) is 5.38. The second kappa shape index (κ2) is 4.78. The fourth-order valence-corrected chi connectivity index (χ4v) is 1.59.